The molecule has 0 bridgehead atoms. The summed E-state index contributed by atoms with van der Waals surface area (Å²) in [5.41, 5.74) is 3.18. The summed E-state index contributed by atoms with van der Waals surface area (Å²) in [6.07, 6.45) is 2.62. The molecule has 6 heteroatoms. The Bertz CT molecular complexity index is 933. The number of carbonyl (C=O) groups excluding carboxylic acids is 1. The number of fused-ring (bicyclic) bond motifs is 1. The van der Waals surface area contributed by atoms with Gasteiger partial charge in [0.15, 0.2) is 0 Å². The number of amides is 1. The van der Waals surface area contributed by atoms with Crippen molar-refractivity contribution < 1.29 is 9.21 Å². The normalized spacial score (nSPS) is 15.9. The van der Waals surface area contributed by atoms with Gasteiger partial charge in [-0.3, -0.25) is 4.79 Å². The standard InChI is InChI=1S/C20H19BrN2O2S/c1-13-8-14-4-2-3-5-18(14)23(13)11-19-17(6-7-25-19)20(24)22-10-16-9-15(21)12-26-16/h2-7,9,12-13H,8,10-11H2,1H3,(H,22,24). The quantitative estimate of drug-likeness (QED) is 0.620. The monoisotopic (exact) mass is 430 g/mol. The molecule has 0 radical (unpaired) electrons. The largest absolute Gasteiger partial charge is 0.467 e. The van der Waals surface area contributed by atoms with Crippen LogP contribution in [0.25, 0.3) is 0 Å². The molecule has 0 saturated carbocycles. The Labute approximate surface area is 165 Å². The van der Waals surface area contributed by atoms with Gasteiger partial charge in [-0.1, -0.05) is 18.2 Å². The van der Waals surface area contributed by atoms with Crippen molar-refractivity contribution in [2.24, 2.45) is 0 Å². The van der Waals surface area contributed by atoms with Crippen molar-refractivity contribution in [1.82, 2.24) is 5.32 Å². The van der Waals surface area contributed by atoms with Gasteiger partial charge in [0.25, 0.3) is 5.91 Å². The highest BCUT2D eigenvalue weighted by molar-refractivity contribution is 9.10. The van der Waals surface area contributed by atoms with E-state index in [2.05, 4.69) is 57.3 Å². The van der Waals surface area contributed by atoms with Crippen LogP contribution in [0, 0.1) is 0 Å². The second-order valence-corrected chi connectivity index (χ2v) is 8.39. The zero-order chi connectivity index (χ0) is 18.1. The summed E-state index contributed by atoms with van der Waals surface area (Å²) in [7, 11) is 0. The summed E-state index contributed by atoms with van der Waals surface area (Å²) in [5, 5.41) is 4.99. The molecule has 0 aliphatic carbocycles. The van der Waals surface area contributed by atoms with Crippen LogP contribution in [0.15, 0.2) is 56.9 Å². The lowest BCUT2D eigenvalue weighted by molar-refractivity contribution is 0.0949. The summed E-state index contributed by atoms with van der Waals surface area (Å²) in [5.74, 6) is 0.608. The van der Waals surface area contributed by atoms with E-state index >= 15 is 0 Å². The number of rotatable bonds is 5. The molecule has 1 N–H and O–H groups in total. The van der Waals surface area contributed by atoms with Gasteiger partial charge in [-0.05, 0) is 53.0 Å². The third-order valence-corrected chi connectivity index (χ3v) is 6.39. The minimum Gasteiger partial charge on any atom is -0.467 e. The molecule has 0 saturated heterocycles. The molecule has 1 aliphatic heterocycles. The molecule has 2 aromatic heterocycles. The second-order valence-electron chi connectivity index (χ2n) is 6.48. The van der Waals surface area contributed by atoms with Gasteiger partial charge < -0.3 is 14.6 Å². The topological polar surface area (TPSA) is 45.5 Å². The van der Waals surface area contributed by atoms with Gasteiger partial charge >= 0.3 is 0 Å². The third kappa shape index (κ3) is 3.44. The highest BCUT2D eigenvalue weighted by Crippen LogP contribution is 2.33. The smallest absolute Gasteiger partial charge is 0.255 e. The fourth-order valence-corrected chi connectivity index (χ4v) is 4.79. The lowest BCUT2D eigenvalue weighted by Gasteiger charge is -2.24. The number of nitrogens with zero attached hydrogens (tertiary/aromatic N) is 1. The predicted molar refractivity (Wildman–Crippen MR) is 108 cm³/mol. The lowest BCUT2D eigenvalue weighted by Crippen LogP contribution is -2.30. The van der Waals surface area contributed by atoms with E-state index in [9.17, 15) is 4.79 Å². The van der Waals surface area contributed by atoms with Crippen molar-refractivity contribution in [3.8, 4) is 0 Å². The van der Waals surface area contributed by atoms with E-state index in [4.69, 9.17) is 4.42 Å². The molecular formula is C20H19BrN2O2S. The van der Waals surface area contributed by atoms with Crippen molar-refractivity contribution >= 4 is 38.9 Å². The van der Waals surface area contributed by atoms with Gasteiger partial charge in [-0.15, -0.1) is 11.3 Å². The van der Waals surface area contributed by atoms with Crippen LogP contribution in [0.2, 0.25) is 0 Å². The molecule has 3 heterocycles. The van der Waals surface area contributed by atoms with Crippen molar-refractivity contribution in [1.29, 1.82) is 0 Å². The maximum Gasteiger partial charge on any atom is 0.255 e. The van der Waals surface area contributed by atoms with Gasteiger partial charge in [0.2, 0.25) is 0 Å². The Morgan fingerprint density at radius 1 is 1.38 bits per heavy atom. The number of furan rings is 1. The van der Waals surface area contributed by atoms with Crippen LogP contribution >= 0.6 is 27.3 Å². The molecule has 4 rings (SSSR count). The van der Waals surface area contributed by atoms with Crippen molar-refractivity contribution in [3.05, 3.63) is 74.3 Å². The van der Waals surface area contributed by atoms with Gasteiger partial charge in [0.1, 0.15) is 5.76 Å². The number of nitrogens with one attached hydrogen (secondary N) is 1. The number of benzene rings is 1. The zero-order valence-electron chi connectivity index (χ0n) is 14.4. The first-order valence-corrected chi connectivity index (χ1v) is 10.2. The zero-order valence-corrected chi connectivity index (χ0v) is 16.8. The highest BCUT2D eigenvalue weighted by atomic mass is 79.9. The van der Waals surface area contributed by atoms with Crippen LogP contribution in [0.4, 0.5) is 5.69 Å². The summed E-state index contributed by atoms with van der Waals surface area (Å²) >= 11 is 5.05. The van der Waals surface area contributed by atoms with Gasteiger partial charge in [-0.25, -0.2) is 0 Å². The second kappa shape index (κ2) is 7.29. The molecule has 3 aromatic rings. The molecular weight excluding hydrogens is 412 g/mol. The Morgan fingerprint density at radius 2 is 2.23 bits per heavy atom. The number of para-hydroxylation sites is 1. The molecule has 0 spiro atoms. The van der Waals surface area contributed by atoms with Crippen LogP contribution in [-0.4, -0.2) is 11.9 Å². The first-order valence-electron chi connectivity index (χ1n) is 8.54. The van der Waals surface area contributed by atoms with Crippen LogP contribution in [0.5, 0.6) is 0 Å². The van der Waals surface area contributed by atoms with Crippen LogP contribution in [0.1, 0.15) is 33.5 Å². The molecule has 1 aromatic carbocycles. The lowest BCUT2D eigenvalue weighted by atomic mass is 10.1. The summed E-state index contributed by atoms with van der Waals surface area (Å²) in [6, 6.07) is 12.6. The molecule has 1 unspecified atom stereocenters. The van der Waals surface area contributed by atoms with Gasteiger partial charge in [0, 0.05) is 26.5 Å². The van der Waals surface area contributed by atoms with E-state index in [-0.39, 0.29) is 5.91 Å². The van der Waals surface area contributed by atoms with Crippen LogP contribution in [-0.2, 0) is 19.5 Å². The molecule has 1 aliphatic rings. The average molecular weight is 431 g/mol. The van der Waals surface area contributed by atoms with Crippen LogP contribution in [0.3, 0.4) is 0 Å². The summed E-state index contributed by atoms with van der Waals surface area (Å²) < 4.78 is 6.70. The van der Waals surface area contributed by atoms with Crippen molar-refractivity contribution in [3.63, 3.8) is 0 Å². The van der Waals surface area contributed by atoms with Crippen LogP contribution < -0.4 is 10.2 Å². The fourth-order valence-electron chi connectivity index (χ4n) is 3.40. The number of anilines is 1. The maximum absolute atomic E-state index is 12.6. The first kappa shape index (κ1) is 17.4. The number of thiophene rings is 1. The van der Waals surface area contributed by atoms with E-state index in [1.807, 2.05) is 11.4 Å². The molecule has 26 heavy (non-hydrogen) atoms. The predicted octanol–water partition coefficient (Wildman–Crippen LogP) is 4.98. The minimum absolute atomic E-state index is 0.0987. The van der Waals surface area contributed by atoms with Gasteiger partial charge in [-0.2, -0.15) is 0 Å². The Balaban J connectivity index is 1.48. The van der Waals surface area contributed by atoms with Crippen molar-refractivity contribution in [2.75, 3.05) is 4.90 Å². The fraction of sp³-hybridized carbons (Fsp3) is 0.250. The summed E-state index contributed by atoms with van der Waals surface area (Å²) in [6.45, 7) is 3.32. The molecule has 0 fully saturated rings. The number of halogens is 1. The molecule has 134 valence electrons. The van der Waals surface area contributed by atoms with E-state index in [0.29, 0.717) is 30.5 Å². The third-order valence-electron chi connectivity index (χ3n) is 4.70. The average Bonchev–Trinajstić information content (AvgIpc) is 3.33. The maximum atomic E-state index is 12.6. The Hall–Kier alpha value is -2.05. The Kier molecular flexibility index (Phi) is 4.87. The molecule has 4 nitrogen and oxygen atoms in total. The van der Waals surface area contributed by atoms with Gasteiger partial charge in [0.05, 0.1) is 24.9 Å². The van der Waals surface area contributed by atoms with Crippen molar-refractivity contribution in [2.45, 2.75) is 32.5 Å². The SMILES string of the molecule is CC1Cc2ccccc2N1Cc1occc1C(=O)NCc1cc(Br)cs1. The number of carbonyl (C=O) groups is 1. The number of hydrogen-bond donors (Lipinski definition) is 1. The molecule has 1 atom stereocenters. The Morgan fingerprint density at radius 3 is 3.04 bits per heavy atom. The van der Waals surface area contributed by atoms with E-state index in [1.165, 1.54) is 11.3 Å². The first-order chi connectivity index (χ1) is 12.6. The minimum atomic E-state index is -0.0987. The van der Waals surface area contributed by atoms with E-state index in [0.717, 1.165) is 15.8 Å². The number of hydrogen-bond acceptors (Lipinski definition) is 4. The van der Waals surface area contributed by atoms with E-state index < -0.39 is 0 Å². The summed E-state index contributed by atoms with van der Waals surface area (Å²) in [4.78, 5) is 16.0. The molecule has 1 amide bonds. The van der Waals surface area contributed by atoms with E-state index in [1.54, 1.807) is 23.7 Å². The highest BCUT2D eigenvalue weighted by Gasteiger charge is 2.27.